The molecular formula is C14H20N2O3. The number of nitrogen functional groups attached to an aromatic ring is 1. The van der Waals surface area contributed by atoms with Crippen LogP contribution in [0.1, 0.15) is 26.3 Å². The van der Waals surface area contributed by atoms with Crippen molar-refractivity contribution in [2.24, 2.45) is 0 Å². The predicted octanol–water partition coefficient (Wildman–Crippen LogP) is 1.27. The molecule has 0 aliphatic rings. The molecule has 1 amide bonds. The molecule has 3 N–H and O–H groups in total. The van der Waals surface area contributed by atoms with Crippen LogP contribution in [0.2, 0.25) is 0 Å². The Morgan fingerprint density at radius 3 is 2.47 bits per heavy atom. The molecule has 1 aromatic rings. The summed E-state index contributed by atoms with van der Waals surface area (Å²) in [5.74, 6) is -0.770. The minimum atomic E-state index is -0.806. The summed E-state index contributed by atoms with van der Waals surface area (Å²) in [6, 6.07) is 7.09. The fraction of sp³-hybridized carbons (Fsp3) is 0.429. The van der Waals surface area contributed by atoms with Crippen LogP contribution < -0.4 is 11.1 Å². The monoisotopic (exact) mass is 264 g/mol. The number of hydrogen-bond acceptors (Lipinski definition) is 4. The number of amides is 1. The van der Waals surface area contributed by atoms with Gasteiger partial charge in [0.25, 0.3) is 5.91 Å². The third-order valence-electron chi connectivity index (χ3n) is 2.50. The van der Waals surface area contributed by atoms with E-state index in [2.05, 4.69) is 5.32 Å². The molecule has 0 fully saturated rings. The lowest BCUT2D eigenvalue weighted by molar-refractivity contribution is -0.154. The van der Waals surface area contributed by atoms with Crippen molar-refractivity contribution in [3.8, 4) is 0 Å². The lowest BCUT2D eigenvalue weighted by atomic mass is 10.1. The second-order valence-corrected chi connectivity index (χ2v) is 4.67. The van der Waals surface area contributed by atoms with Crippen molar-refractivity contribution in [2.75, 3.05) is 5.73 Å². The largest absolute Gasteiger partial charge is 0.452 e. The third kappa shape index (κ3) is 4.99. The molecule has 0 aromatic heterocycles. The first-order valence-corrected chi connectivity index (χ1v) is 6.23. The molecule has 1 atom stereocenters. The van der Waals surface area contributed by atoms with Gasteiger partial charge in [-0.3, -0.25) is 9.59 Å². The van der Waals surface area contributed by atoms with Gasteiger partial charge >= 0.3 is 5.97 Å². The van der Waals surface area contributed by atoms with Gasteiger partial charge in [-0.05, 0) is 32.4 Å². The number of anilines is 1. The van der Waals surface area contributed by atoms with Crippen LogP contribution in [0.25, 0.3) is 0 Å². The standard InChI is InChI=1S/C14H20N2O3/c1-9(2)16-14(18)10(3)19-13(17)8-11-6-4-5-7-12(11)15/h4-7,9-10H,8,15H2,1-3H3,(H,16,18). The first-order valence-electron chi connectivity index (χ1n) is 6.23. The van der Waals surface area contributed by atoms with Crippen molar-refractivity contribution in [1.82, 2.24) is 5.32 Å². The van der Waals surface area contributed by atoms with Crippen LogP contribution in [0.4, 0.5) is 5.69 Å². The zero-order valence-electron chi connectivity index (χ0n) is 11.5. The quantitative estimate of drug-likeness (QED) is 0.620. The molecule has 1 rings (SSSR count). The lowest BCUT2D eigenvalue weighted by Gasteiger charge is -2.15. The Bertz CT molecular complexity index is 458. The number of nitrogens with two attached hydrogens (primary N) is 1. The van der Waals surface area contributed by atoms with E-state index in [0.29, 0.717) is 11.3 Å². The molecule has 0 spiro atoms. The SMILES string of the molecule is CC(C)NC(=O)C(C)OC(=O)Cc1ccccc1N. The van der Waals surface area contributed by atoms with Crippen molar-refractivity contribution in [3.05, 3.63) is 29.8 Å². The number of benzene rings is 1. The Morgan fingerprint density at radius 1 is 1.26 bits per heavy atom. The van der Waals surface area contributed by atoms with E-state index in [4.69, 9.17) is 10.5 Å². The highest BCUT2D eigenvalue weighted by atomic mass is 16.5. The zero-order valence-corrected chi connectivity index (χ0v) is 11.5. The summed E-state index contributed by atoms with van der Waals surface area (Å²) in [4.78, 5) is 23.3. The van der Waals surface area contributed by atoms with Crippen LogP contribution in [0.3, 0.4) is 0 Å². The molecule has 19 heavy (non-hydrogen) atoms. The first kappa shape index (κ1) is 15.0. The molecule has 104 valence electrons. The van der Waals surface area contributed by atoms with Crippen molar-refractivity contribution in [2.45, 2.75) is 39.3 Å². The number of esters is 1. The zero-order chi connectivity index (χ0) is 14.4. The van der Waals surface area contributed by atoms with Crippen LogP contribution in [-0.2, 0) is 20.7 Å². The maximum Gasteiger partial charge on any atom is 0.311 e. The first-order chi connectivity index (χ1) is 8.90. The average molecular weight is 264 g/mol. The Balaban J connectivity index is 2.52. The van der Waals surface area contributed by atoms with E-state index in [1.165, 1.54) is 0 Å². The fourth-order valence-electron chi connectivity index (χ4n) is 1.54. The van der Waals surface area contributed by atoms with Gasteiger partial charge in [0.05, 0.1) is 6.42 Å². The summed E-state index contributed by atoms with van der Waals surface area (Å²) in [5, 5.41) is 2.68. The summed E-state index contributed by atoms with van der Waals surface area (Å²) in [5.41, 5.74) is 6.98. The molecule has 0 saturated carbocycles. The van der Waals surface area contributed by atoms with Crippen molar-refractivity contribution >= 4 is 17.6 Å². The Morgan fingerprint density at radius 2 is 1.89 bits per heavy atom. The summed E-state index contributed by atoms with van der Waals surface area (Å²) in [7, 11) is 0. The van der Waals surface area contributed by atoms with Crippen molar-refractivity contribution in [1.29, 1.82) is 0 Å². The maximum absolute atomic E-state index is 11.7. The summed E-state index contributed by atoms with van der Waals surface area (Å²) >= 11 is 0. The van der Waals surface area contributed by atoms with Gasteiger partial charge in [-0.1, -0.05) is 18.2 Å². The van der Waals surface area contributed by atoms with Gasteiger partial charge in [-0.2, -0.15) is 0 Å². The fourth-order valence-corrected chi connectivity index (χ4v) is 1.54. The maximum atomic E-state index is 11.7. The van der Waals surface area contributed by atoms with E-state index < -0.39 is 12.1 Å². The molecule has 0 saturated heterocycles. The Kier molecular flexibility index (Phi) is 5.36. The molecule has 5 nitrogen and oxygen atoms in total. The summed E-state index contributed by atoms with van der Waals surface area (Å²) in [6.45, 7) is 5.23. The second kappa shape index (κ2) is 6.78. The van der Waals surface area contributed by atoms with E-state index >= 15 is 0 Å². The normalized spacial score (nSPS) is 12.0. The molecule has 1 unspecified atom stereocenters. The van der Waals surface area contributed by atoms with Gasteiger partial charge in [0, 0.05) is 11.7 Å². The molecule has 0 aliphatic carbocycles. The van der Waals surface area contributed by atoms with Gasteiger partial charge < -0.3 is 15.8 Å². The number of rotatable bonds is 5. The highest BCUT2D eigenvalue weighted by Gasteiger charge is 2.18. The third-order valence-corrected chi connectivity index (χ3v) is 2.50. The molecule has 5 heteroatoms. The van der Waals surface area contributed by atoms with Gasteiger partial charge in [0.1, 0.15) is 0 Å². The molecular weight excluding hydrogens is 244 g/mol. The van der Waals surface area contributed by atoms with Crippen LogP contribution in [0.5, 0.6) is 0 Å². The molecule has 1 aromatic carbocycles. The number of carbonyl (C=O) groups is 2. The minimum Gasteiger partial charge on any atom is -0.452 e. The topological polar surface area (TPSA) is 81.4 Å². The number of nitrogens with one attached hydrogen (secondary N) is 1. The second-order valence-electron chi connectivity index (χ2n) is 4.67. The molecule has 0 aliphatic heterocycles. The molecule has 0 heterocycles. The van der Waals surface area contributed by atoms with Gasteiger partial charge in [0.15, 0.2) is 6.10 Å². The van der Waals surface area contributed by atoms with Crippen molar-refractivity contribution in [3.63, 3.8) is 0 Å². The number of para-hydroxylation sites is 1. The predicted molar refractivity (Wildman–Crippen MR) is 73.4 cm³/mol. The average Bonchev–Trinajstić information content (AvgIpc) is 2.31. The van der Waals surface area contributed by atoms with Gasteiger partial charge in [-0.15, -0.1) is 0 Å². The van der Waals surface area contributed by atoms with E-state index in [9.17, 15) is 9.59 Å². The van der Waals surface area contributed by atoms with E-state index in [1.54, 1.807) is 31.2 Å². The summed E-state index contributed by atoms with van der Waals surface area (Å²) in [6.07, 6.45) is -0.744. The Hall–Kier alpha value is -2.04. The lowest BCUT2D eigenvalue weighted by Crippen LogP contribution is -2.39. The Labute approximate surface area is 113 Å². The van der Waals surface area contributed by atoms with E-state index in [-0.39, 0.29) is 18.4 Å². The van der Waals surface area contributed by atoms with Crippen LogP contribution >= 0.6 is 0 Å². The highest BCUT2D eigenvalue weighted by Crippen LogP contribution is 2.12. The van der Waals surface area contributed by atoms with Crippen LogP contribution in [0.15, 0.2) is 24.3 Å². The van der Waals surface area contributed by atoms with Crippen LogP contribution in [-0.4, -0.2) is 24.0 Å². The minimum absolute atomic E-state index is 0.0124. The number of ether oxygens (including phenoxy) is 1. The number of carbonyl (C=O) groups excluding carboxylic acids is 2. The number of hydrogen-bond donors (Lipinski definition) is 2. The highest BCUT2D eigenvalue weighted by molar-refractivity contribution is 5.84. The van der Waals surface area contributed by atoms with Crippen LogP contribution in [0, 0.1) is 0 Å². The summed E-state index contributed by atoms with van der Waals surface area (Å²) < 4.78 is 5.07. The van der Waals surface area contributed by atoms with E-state index in [1.807, 2.05) is 13.8 Å². The van der Waals surface area contributed by atoms with Gasteiger partial charge in [-0.25, -0.2) is 0 Å². The molecule has 0 bridgehead atoms. The smallest absolute Gasteiger partial charge is 0.311 e. The van der Waals surface area contributed by atoms with Crippen molar-refractivity contribution < 1.29 is 14.3 Å². The molecule has 0 radical (unpaired) electrons. The van der Waals surface area contributed by atoms with Gasteiger partial charge in [0.2, 0.25) is 0 Å². The van der Waals surface area contributed by atoms with E-state index in [0.717, 1.165) is 0 Å².